The number of halogens is 2. The number of benzene rings is 1. The van der Waals surface area contributed by atoms with E-state index >= 15 is 0 Å². The molecular weight excluding hydrogens is 281 g/mol. The first-order valence-corrected chi connectivity index (χ1v) is 6.38. The van der Waals surface area contributed by atoms with Gasteiger partial charge < -0.3 is 0 Å². The third-order valence-corrected chi connectivity index (χ3v) is 3.42. The van der Waals surface area contributed by atoms with Crippen LogP contribution < -0.4 is 0 Å². The van der Waals surface area contributed by atoms with E-state index in [9.17, 15) is 4.79 Å². The first kappa shape index (κ1) is 12.4. The van der Waals surface area contributed by atoms with Crippen LogP contribution in [0.4, 0.5) is 0 Å². The van der Waals surface area contributed by atoms with E-state index in [1.165, 1.54) is 11.8 Å². The fourth-order valence-corrected chi connectivity index (χ4v) is 2.37. The molecule has 1 heterocycles. The van der Waals surface area contributed by atoms with Crippen LogP contribution in [0.2, 0.25) is 10.0 Å². The average Bonchev–Trinajstić information content (AvgIpc) is 2.78. The van der Waals surface area contributed by atoms with E-state index in [2.05, 4.69) is 15.4 Å². The number of thioether (sulfide) groups is 1. The maximum Gasteiger partial charge on any atom is 0.174 e. The van der Waals surface area contributed by atoms with Crippen LogP contribution in [0, 0.1) is 0 Å². The minimum atomic E-state index is -0.0698. The fraction of sp³-hybridized carbons (Fsp3) is 0.100. The van der Waals surface area contributed by atoms with E-state index in [1.54, 1.807) is 24.4 Å². The number of hydrogen-bond donors (Lipinski definition) is 1. The molecule has 0 aliphatic rings. The summed E-state index contributed by atoms with van der Waals surface area (Å²) in [5.41, 5.74) is 0.465. The summed E-state index contributed by atoms with van der Waals surface area (Å²) in [5, 5.41) is 11.5. The highest BCUT2D eigenvalue weighted by molar-refractivity contribution is 7.99. The van der Waals surface area contributed by atoms with E-state index in [0.717, 1.165) is 0 Å². The molecule has 2 aromatic rings. The van der Waals surface area contributed by atoms with E-state index in [4.69, 9.17) is 23.2 Å². The van der Waals surface area contributed by atoms with Gasteiger partial charge in [-0.1, -0.05) is 35.0 Å². The molecule has 4 nitrogen and oxygen atoms in total. The lowest BCUT2D eigenvalue weighted by atomic mass is 10.1. The molecule has 0 saturated heterocycles. The van der Waals surface area contributed by atoms with E-state index in [1.807, 2.05) is 0 Å². The molecule has 0 spiro atoms. The van der Waals surface area contributed by atoms with Crippen molar-refractivity contribution in [3.8, 4) is 0 Å². The van der Waals surface area contributed by atoms with Crippen molar-refractivity contribution < 1.29 is 4.79 Å². The number of hydrogen-bond acceptors (Lipinski definition) is 4. The summed E-state index contributed by atoms with van der Waals surface area (Å²) in [6.45, 7) is 0. The zero-order valence-corrected chi connectivity index (χ0v) is 10.8. The summed E-state index contributed by atoms with van der Waals surface area (Å²) in [7, 11) is 0. The first-order valence-electron chi connectivity index (χ1n) is 4.63. The summed E-state index contributed by atoms with van der Waals surface area (Å²) in [6.07, 6.45) is 1.56. The number of aromatic amines is 1. The Morgan fingerprint density at radius 2 is 2.24 bits per heavy atom. The second-order valence-corrected chi connectivity index (χ2v) is 4.98. The quantitative estimate of drug-likeness (QED) is 0.693. The van der Waals surface area contributed by atoms with Crippen molar-refractivity contribution in [2.75, 3.05) is 5.75 Å². The maximum atomic E-state index is 11.9. The number of carbonyl (C=O) groups excluding carboxylic acids is 1. The highest BCUT2D eigenvalue weighted by atomic mass is 35.5. The molecular formula is C10H7Cl2N3OS. The number of ketones is 1. The molecule has 0 unspecified atom stereocenters. The highest BCUT2D eigenvalue weighted by Crippen LogP contribution is 2.23. The van der Waals surface area contributed by atoms with Crippen LogP contribution in [-0.4, -0.2) is 26.9 Å². The van der Waals surface area contributed by atoms with Crippen molar-refractivity contribution in [1.29, 1.82) is 0 Å². The van der Waals surface area contributed by atoms with Gasteiger partial charge in [0, 0.05) is 10.6 Å². The van der Waals surface area contributed by atoms with Crippen molar-refractivity contribution in [2.24, 2.45) is 0 Å². The Labute approximate surface area is 112 Å². The molecule has 0 radical (unpaired) electrons. The van der Waals surface area contributed by atoms with E-state index in [0.29, 0.717) is 20.6 Å². The molecule has 7 heteroatoms. The Morgan fingerprint density at radius 1 is 1.41 bits per heavy atom. The number of rotatable bonds is 4. The van der Waals surface area contributed by atoms with Crippen LogP contribution >= 0.6 is 35.0 Å². The van der Waals surface area contributed by atoms with Crippen molar-refractivity contribution >= 4 is 40.7 Å². The molecule has 17 heavy (non-hydrogen) atoms. The summed E-state index contributed by atoms with van der Waals surface area (Å²) < 4.78 is 0. The van der Waals surface area contributed by atoms with Gasteiger partial charge in [0.05, 0.1) is 17.0 Å². The second-order valence-electron chi connectivity index (χ2n) is 3.14. The Morgan fingerprint density at radius 3 is 2.88 bits per heavy atom. The van der Waals surface area contributed by atoms with Gasteiger partial charge in [-0.2, -0.15) is 10.3 Å². The number of nitrogens with one attached hydrogen (secondary N) is 1. The van der Waals surface area contributed by atoms with Crippen molar-refractivity contribution in [1.82, 2.24) is 15.4 Å². The summed E-state index contributed by atoms with van der Waals surface area (Å²) >= 11 is 13.0. The minimum absolute atomic E-state index is 0.0698. The summed E-state index contributed by atoms with van der Waals surface area (Å²) in [4.78, 5) is 11.9. The Kier molecular flexibility index (Phi) is 4.04. The molecule has 0 aliphatic heterocycles. The lowest BCUT2D eigenvalue weighted by Crippen LogP contribution is -2.03. The standard InChI is InChI=1S/C10H7Cl2N3OS/c11-6-1-2-7(8(12)3-6)9(16)5-17-10-4-13-15-14-10/h1-4H,5H2,(H,13,14,15). The van der Waals surface area contributed by atoms with Crippen LogP contribution in [0.15, 0.2) is 29.4 Å². The molecule has 0 saturated carbocycles. The predicted molar refractivity (Wildman–Crippen MR) is 67.9 cm³/mol. The molecule has 88 valence electrons. The Hall–Kier alpha value is -1.04. The van der Waals surface area contributed by atoms with Gasteiger partial charge >= 0.3 is 0 Å². The number of Topliss-reactive ketones (excluding diaryl/α,β-unsaturated/α-hetero) is 1. The topological polar surface area (TPSA) is 58.6 Å². The molecule has 0 fully saturated rings. The number of nitrogens with zero attached hydrogens (tertiary/aromatic N) is 2. The SMILES string of the molecule is O=C(CSc1cn[nH]n1)c1ccc(Cl)cc1Cl. The van der Waals surface area contributed by atoms with Gasteiger partial charge in [0.15, 0.2) is 5.78 Å². The largest absolute Gasteiger partial charge is 0.293 e. The van der Waals surface area contributed by atoms with Gasteiger partial charge in [-0.05, 0) is 18.2 Å². The molecule has 0 amide bonds. The third kappa shape index (κ3) is 3.21. The molecule has 0 atom stereocenters. The summed E-state index contributed by atoms with van der Waals surface area (Å²) in [5.74, 6) is 0.188. The zero-order chi connectivity index (χ0) is 12.3. The fourth-order valence-electron chi connectivity index (χ4n) is 1.19. The third-order valence-electron chi connectivity index (χ3n) is 1.98. The first-order chi connectivity index (χ1) is 8.16. The molecule has 1 aromatic carbocycles. The zero-order valence-electron chi connectivity index (χ0n) is 8.48. The molecule has 0 aliphatic carbocycles. The summed E-state index contributed by atoms with van der Waals surface area (Å²) in [6, 6.07) is 4.81. The predicted octanol–water partition coefficient (Wildman–Crippen LogP) is 3.09. The maximum absolute atomic E-state index is 11.9. The van der Waals surface area contributed by atoms with Crippen molar-refractivity contribution in [2.45, 2.75) is 5.03 Å². The number of H-pyrrole nitrogens is 1. The van der Waals surface area contributed by atoms with Crippen LogP contribution in [0.5, 0.6) is 0 Å². The molecule has 2 rings (SSSR count). The Bertz CT molecular complexity index is 530. The highest BCUT2D eigenvalue weighted by Gasteiger charge is 2.11. The van der Waals surface area contributed by atoms with Gasteiger partial charge in [0.2, 0.25) is 0 Å². The van der Waals surface area contributed by atoms with Crippen LogP contribution in [0.1, 0.15) is 10.4 Å². The number of carbonyl (C=O) groups is 1. The van der Waals surface area contributed by atoms with Crippen LogP contribution in [-0.2, 0) is 0 Å². The number of aromatic nitrogens is 3. The van der Waals surface area contributed by atoms with Gasteiger partial charge in [-0.3, -0.25) is 4.79 Å². The lowest BCUT2D eigenvalue weighted by molar-refractivity contribution is 0.102. The smallest absolute Gasteiger partial charge is 0.174 e. The van der Waals surface area contributed by atoms with Crippen LogP contribution in [0.3, 0.4) is 0 Å². The van der Waals surface area contributed by atoms with Crippen molar-refractivity contribution in [3.63, 3.8) is 0 Å². The van der Waals surface area contributed by atoms with Gasteiger partial charge in [-0.25, -0.2) is 0 Å². The van der Waals surface area contributed by atoms with Gasteiger partial charge in [0.1, 0.15) is 5.03 Å². The van der Waals surface area contributed by atoms with Gasteiger partial charge in [0.25, 0.3) is 0 Å². The molecule has 1 N–H and O–H groups in total. The van der Waals surface area contributed by atoms with Gasteiger partial charge in [-0.15, -0.1) is 5.10 Å². The van der Waals surface area contributed by atoms with Crippen molar-refractivity contribution in [3.05, 3.63) is 40.0 Å². The normalized spacial score (nSPS) is 10.5. The molecule has 1 aromatic heterocycles. The Balaban J connectivity index is 2.04. The second kappa shape index (κ2) is 5.53. The average molecular weight is 288 g/mol. The minimum Gasteiger partial charge on any atom is -0.293 e. The molecule has 0 bridgehead atoms. The lowest BCUT2D eigenvalue weighted by Gasteiger charge is -2.02. The van der Waals surface area contributed by atoms with E-state index < -0.39 is 0 Å². The van der Waals surface area contributed by atoms with Crippen LogP contribution in [0.25, 0.3) is 0 Å². The van der Waals surface area contributed by atoms with E-state index in [-0.39, 0.29) is 11.5 Å². The monoisotopic (exact) mass is 287 g/mol.